The van der Waals surface area contributed by atoms with Crippen molar-refractivity contribution >= 4 is 12.2 Å². The lowest BCUT2D eigenvalue weighted by atomic mass is 10.1. The minimum absolute atomic E-state index is 0.199. The molecule has 0 aliphatic carbocycles. The predicted molar refractivity (Wildman–Crippen MR) is 66.6 cm³/mol. The van der Waals surface area contributed by atoms with E-state index in [9.17, 15) is 9.59 Å². The summed E-state index contributed by atoms with van der Waals surface area (Å²) in [6, 6.07) is 0. The van der Waals surface area contributed by atoms with Crippen molar-refractivity contribution in [2.45, 2.75) is 52.4 Å². The maximum absolute atomic E-state index is 11.0. The summed E-state index contributed by atoms with van der Waals surface area (Å²) >= 11 is 0. The number of azo groups is 1. The molecule has 0 heterocycles. The van der Waals surface area contributed by atoms with Crippen LogP contribution in [0.4, 0.5) is 9.59 Å². The molecular formula is C12H22N2O4. The molecule has 104 valence electrons. The summed E-state index contributed by atoms with van der Waals surface area (Å²) in [5.74, 6) is 0. The van der Waals surface area contributed by atoms with E-state index in [0.29, 0.717) is 6.61 Å². The number of carbonyl (C=O) groups excluding carboxylic acids is 2. The van der Waals surface area contributed by atoms with Gasteiger partial charge in [0, 0.05) is 0 Å². The highest BCUT2D eigenvalue weighted by Gasteiger charge is 2.02. The number of ether oxygens (including phenoxy) is 2. The fourth-order valence-corrected chi connectivity index (χ4v) is 1.30. The minimum Gasteiger partial charge on any atom is -0.447 e. The van der Waals surface area contributed by atoms with Gasteiger partial charge in [0.1, 0.15) is 0 Å². The third kappa shape index (κ3) is 11.0. The van der Waals surface area contributed by atoms with Crippen molar-refractivity contribution in [2.75, 3.05) is 13.2 Å². The first-order valence-electron chi connectivity index (χ1n) is 6.46. The van der Waals surface area contributed by atoms with E-state index in [-0.39, 0.29) is 6.61 Å². The Balaban J connectivity index is 3.45. The van der Waals surface area contributed by atoms with Gasteiger partial charge < -0.3 is 9.47 Å². The molecule has 0 spiro atoms. The van der Waals surface area contributed by atoms with Gasteiger partial charge in [-0.25, -0.2) is 9.59 Å². The van der Waals surface area contributed by atoms with E-state index in [1.807, 2.05) is 0 Å². The van der Waals surface area contributed by atoms with Gasteiger partial charge in [-0.3, -0.25) is 0 Å². The maximum Gasteiger partial charge on any atom is 0.452 e. The number of hydrogen-bond acceptors (Lipinski definition) is 4. The number of hydrogen-bond donors (Lipinski definition) is 0. The van der Waals surface area contributed by atoms with Gasteiger partial charge in [-0.2, -0.15) is 0 Å². The van der Waals surface area contributed by atoms with Crippen LogP contribution in [0.15, 0.2) is 10.2 Å². The molecule has 0 atom stereocenters. The first-order valence-corrected chi connectivity index (χ1v) is 6.46. The normalized spacial score (nSPS) is 10.6. The Morgan fingerprint density at radius 2 is 1.39 bits per heavy atom. The molecule has 0 aromatic carbocycles. The van der Waals surface area contributed by atoms with Crippen LogP contribution in [0.1, 0.15) is 52.4 Å². The molecule has 0 bridgehead atoms. The molecule has 0 aromatic rings. The van der Waals surface area contributed by atoms with Crippen molar-refractivity contribution in [3.63, 3.8) is 0 Å². The molecule has 0 fully saturated rings. The summed E-state index contributed by atoms with van der Waals surface area (Å²) < 4.78 is 9.24. The Morgan fingerprint density at radius 3 is 2.00 bits per heavy atom. The first-order chi connectivity index (χ1) is 8.70. The minimum atomic E-state index is -0.881. The molecule has 0 saturated heterocycles. The second-order valence-corrected chi connectivity index (χ2v) is 3.78. The van der Waals surface area contributed by atoms with Gasteiger partial charge in [-0.05, 0) is 13.3 Å². The highest BCUT2D eigenvalue weighted by Crippen LogP contribution is 2.05. The standard InChI is InChI=1S/C12H22N2O4/c1-3-5-6-7-8-9-10-18-12(16)14-13-11(15)17-4-2/h3-10H2,1-2H3/b14-13+. The van der Waals surface area contributed by atoms with Gasteiger partial charge in [0.15, 0.2) is 0 Å². The number of amides is 2. The average molecular weight is 258 g/mol. The Labute approximate surface area is 108 Å². The molecule has 0 aliphatic rings. The van der Waals surface area contributed by atoms with E-state index < -0.39 is 12.2 Å². The number of unbranched alkanes of at least 4 members (excludes halogenated alkanes) is 5. The Morgan fingerprint density at radius 1 is 0.833 bits per heavy atom. The van der Waals surface area contributed by atoms with Crippen LogP contribution in [0.3, 0.4) is 0 Å². The molecule has 0 radical (unpaired) electrons. The van der Waals surface area contributed by atoms with E-state index >= 15 is 0 Å². The zero-order valence-electron chi connectivity index (χ0n) is 11.2. The zero-order valence-corrected chi connectivity index (χ0v) is 11.2. The SMILES string of the molecule is CCCCCCCCOC(=O)/N=N/C(=O)OCC. The summed E-state index contributed by atoms with van der Waals surface area (Å²) in [4.78, 5) is 21.7. The van der Waals surface area contributed by atoms with Crippen molar-refractivity contribution in [1.29, 1.82) is 0 Å². The lowest BCUT2D eigenvalue weighted by molar-refractivity contribution is 0.147. The van der Waals surface area contributed by atoms with E-state index in [4.69, 9.17) is 4.74 Å². The Bertz CT molecular complexity index is 267. The van der Waals surface area contributed by atoms with Gasteiger partial charge >= 0.3 is 12.2 Å². The zero-order chi connectivity index (χ0) is 13.6. The number of rotatable bonds is 8. The Kier molecular flexibility index (Phi) is 11.0. The molecule has 0 N–H and O–H groups in total. The maximum atomic E-state index is 11.0. The van der Waals surface area contributed by atoms with Gasteiger partial charge in [0.05, 0.1) is 13.2 Å². The van der Waals surface area contributed by atoms with Crippen LogP contribution in [-0.2, 0) is 9.47 Å². The van der Waals surface area contributed by atoms with Crippen LogP contribution >= 0.6 is 0 Å². The molecule has 0 aromatic heterocycles. The van der Waals surface area contributed by atoms with Crippen molar-refractivity contribution < 1.29 is 19.1 Å². The quantitative estimate of drug-likeness (QED) is 0.485. The topological polar surface area (TPSA) is 77.3 Å². The van der Waals surface area contributed by atoms with E-state index in [0.717, 1.165) is 19.3 Å². The van der Waals surface area contributed by atoms with Gasteiger partial charge in [-0.15, -0.1) is 0 Å². The lowest BCUT2D eigenvalue weighted by Crippen LogP contribution is -2.02. The molecular weight excluding hydrogens is 236 g/mol. The van der Waals surface area contributed by atoms with E-state index in [1.54, 1.807) is 6.92 Å². The molecule has 0 aliphatic heterocycles. The predicted octanol–water partition coefficient (Wildman–Crippen LogP) is 4.09. The summed E-state index contributed by atoms with van der Waals surface area (Å²) in [6.07, 6.45) is 4.93. The highest BCUT2D eigenvalue weighted by molar-refractivity contribution is 5.73. The van der Waals surface area contributed by atoms with Crippen molar-refractivity contribution in [3.8, 4) is 0 Å². The van der Waals surface area contributed by atoms with Crippen LogP contribution in [0.25, 0.3) is 0 Å². The lowest BCUT2D eigenvalue weighted by Gasteiger charge is -2.01. The first kappa shape index (κ1) is 16.5. The largest absolute Gasteiger partial charge is 0.452 e. The van der Waals surface area contributed by atoms with Crippen molar-refractivity contribution in [3.05, 3.63) is 0 Å². The molecule has 6 heteroatoms. The van der Waals surface area contributed by atoms with Crippen molar-refractivity contribution in [1.82, 2.24) is 0 Å². The van der Waals surface area contributed by atoms with E-state index in [1.165, 1.54) is 19.3 Å². The fraction of sp³-hybridized carbons (Fsp3) is 0.833. The summed E-state index contributed by atoms with van der Waals surface area (Å²) in [7, 11) is 0. The monoisotopic (exact) mass is 258 g/mol. The van der Waals surface area contributed by atoms with Gasteiger partial charge in [0.2, 0.25) is 0 Å². The Hall–Kier alpha value is -1.46. The summed E-state index contributed by atoms with van der Waals surface area (Å²) in [5, 5.41) is 6.12. The van der Waals surface area contributed by atoms with Gasteiger partial charge in [0.25, 0.3) is 0 Å². The van der Waals surface area contributed by atoms with Crippen LogP contribution in [0.2, 0.25) is 0 Å². The average Bonchev–Trinajstić information content (AvgIpc) is 2.35. The molecule has 0 rings (SSSR count). The molecule has 18 heavy (non-hydrogen) atoms. The number of nitrogens with zero attached hydrogens (tertiary/aromatic N) is 2. The van der Waals surface area contributed by atoms with Crippen LogP contribution in [0.5, 0.6) is 0 Å². The highest BCUT2D eigenvalue weighted by atomic mass is 16.6. The summed E-state index contributed by atoms with van der Waals surface area (Å²) in [5.41, 5.74) is 0. The molecule has 0 saturated carbocycles. The number of carbonyl (C=O) groups is 2. The fourth-order valence-electron chi connectivity index (χ4n) is 1.30. The van der Waals surface area contributed by atoms with Crippen LogP contribution in [-0.4, -0.2) is 25.4 Å². The second-order valence-electron chi connectivity index (χ2n) is 3.78. The van der Waals surface area contributed by atoms with Crippen LogP contribution in [0, 0.1) is 0 Å². The van der Waals surface area contributed by atoms with Gasteiger partial charge in [-0.1, -0.05) is 49.3 Å². The molecule has 0 unspecified atom stereocenters. The third-order valence-electron chi connectivity index (χ3n) is 2.20. The molecule has 6 nitrogen and oxygen atoms in total. The third-order valence-corrected chi connectivity index (χ3v) is 2.20. The second kappa shape index (κ2) is 12.0. The van der Waals surface area contributed by atoms with Crippen LogP contribution < -0.4 is 0 Å². The summed E-state index contributed by atoms with van der Waals surface area (Å²) in [6.45, 7) is 4.32. The smallest absolute Gasteiger partial charge is 0.447 e. The van der Waals surface area contributed by atoms with E-state index in [2.05, 4.69) is 21.9 Å². The van der Waals surface area contributed by atoms with Crippen molar-refractivity contribution in [2.24, 2.45) is 10.2 Å². The molecule has 2 amide bonds.